The molecule has 0 bridgehead atoms. The third-order valence-electron chi connectivity index (χ3n) is 3.88. The van der Waals surface area contributed by atoms with E-state index in [2.05, 4.69) is 0 Å². The predicted molar refractivity (Wildman–Crippen MR) is 97.5 cm³/mol. The van der Waals surface area contributed by atoms with Gasteiger partial charge in [-0.15, -0.1) is 0 Å². The summed E-state index contributed by atoms with van der Waals surface area (Å²) in [6.07, 6.45) is 1.35. The van der Waals surface area contributed by atoms with Crippen molar-refractivity contribution in [3.8, 4) is 11.8 Å². The van der Waals surface area contributed by atoms with Gasteiger partial charge in [0, 0.05) is 25.4 Å². The second kappa shape index (κ2) is 8.65. The highest BCUT2D eigenvalue weighted by atomic mass is 32.2. The Bertz CT molecular complexity index is 940. The summed E-state index contributed by atoms with van der Waals surface area (Å²) in [5, 5.41) is 8.77. The van der Waals surface area contributed by atoms with Gasteiger partial charge in [0.1, 0.15) is 12.4 Å². The summed E-state index contributed by atoms with van der Waals surface area (Å²) in [7, 11) is -3.62. The highest BCUT2D eigenvalue weighted by Crippen LogP contribution is 2.14. The number of benzene rings is 1. The Morgan fingerprint density at radius 2 is 1.77 bits per heavy atom. The molecule has 0 unspecified atom stereocenters. The van der Waals surface area contributed by atoms with Crippen molar-refractivity contribution in [1.82, 2.24) is 8.87 Å². The first-order valence-corrected chi connectivity index (χ1v) is 9.70. The Kier molecular flexibility index (Phi) is 6.55. The molecule has 0 radical (unpaired) electrons. The molecule has 1 aromatic heterocycles. The van der Waals surface area contributed by atoms with E-state index in [9.17, 15) is 13.2 Å². The monoisotopic (exact) mass is 375 g/mol. The molecular weight excluding hydrogens is 354 g/mol. The third kappa shape index (κ3) is 4.50. The zero-order valence-corrected chi connectivity index (χ0v) is 15.6. The number of rotatable bonds is 8. The predicted octanol–water partition coefficient (Wildman–Crippen LogP) is 1.83. The molecule has 0 spiro atoms. The van der Waals surface area contributed by atoms with E-state index in [-0.39, 0.29) is 23.6 Å². The van der Waals surface area contributed by atoms with Gasteiger partial charge in [0.2, 0.25) is 10.0 Å². The second-order valence-corrected chi connectivity index (χ2v) is 7.41. The SMILES string of the molecule is CCN(CC)S(=O)(=O)c1ccc(=O)n(CCOc2ccc(C#N)cc2)c1. The molecule has 2 rings (SSSR count). The van der Waals surface area contributed by atoms with Crippen LogP contribution in [0.3, 0.4) is 0 Å². The molecule has 0 atom stereocenters. The number of hydrogen-bond donors (Lipinski definition) is 0. The molecule has 0 aliphatic heterocycles. The zero-order chi connectivity index (χ0) is 19.2. The number of aromatic nitrogens is 1. The summed E-state index contributed by atoms with van der Waals surface area (Å²) < 4.78 is 33.3. The molecule has 7 nitrogen and oxygen atoms in total. The van der Waals surface area contributed by atoms with Gasteiger partial charge in [0.25, 0.3) is 5.56 Å². The summed E-state index contributed by atoms with van der Waals surface area (Å²) in [5.74, 6) is 0.573. The average Bonchev–Trinajstić information content (AvgIpc) is 2.64. The number of ether oxygens (including phenoxy) is 1. The van der Waals surface area contributed by atoms with E-state index >= 15 is 0 Å². The summed E-state index contributed by atoms with van der Waals surface area (Å²) in [6, 6.07) is 11.2. The van der Waals surface area contributed by atoms with Gasteiger partial charge in [-0.1, -0.05) is 13.8 Å². The van der Waals surface area contributed by atoms with Crippen LogP contribution >= 0.6 is 0 Å². The molecule has 1 heterocycles. The Morgan fingerprint density at radius 3 is 2.35 bits per heavy atom. The standard InChI is InChI=1S/C18H21N3O4S/c1-3-21(4-2)26(23,24)17-9-10-18(22)20(14-17)11-12-25-16-7-5-15(13-19)6-8-16/h5-10,14H,3-4,11-12H2,1-2H3. The molecule has 0 aliphatic carbocycles. The van der Waals surface area contributed by atoms with E-state index in [1.54, 1.807) is 38.1 Å². The third-order valence-corrected chi connectivity index (χ3v) is 5.92. The van der Waals surface area contributed by atoms with Crippen molar-refractivity contribution in [3.05, 3.63) is 58.5 Å². The lowest BCUT2D eigenvalue weighted by molar-refractivity contribution is 0.295. The van der Waals surface area contributed by atoms with Gasteiger partial charge < -0.3 is 9.30 Å². The Hall–Kier alpha value is -2.63. The van der Waals surface area contributed by atoms with Gasteiger partial charge in [-0.05, 0) is 30.3 Å². The molecule has 0 saturated carbocycles. The summed E-state index contributed by atoms with van der Waals surface area (Å²) >= 11 is 0. The van der Waals surface area contributed by atoms with Crippen molar-refractivity contribution in [1.29, 1.82) is 5.26 Å². The quantitative estimate of drug-likeness (QED) is 0.702. The normalized spacial score (nSPS) is 11.3. The average molecular weight is 375 g/mol. The van der Waals surface area contributed by atoms with Crippen LogP contribution in [0.2, 0.25) is 0 Å². The van der Waals surface area contributed by atoms with E-state index in [1.807, 2.05) is 6.07 Å². The van der Waals surface area contributed by atoms with E-state index in [0.29, 0.717) is 24.4 Å². The lowest BCUT2D eigenvalue weighted by Gasteiger charge is -2.19. The largest absolute Gasteiger partial charge is 0.492 e. The Morgan fingerprint density at radius 1 is 1.12 bits per heavy atom. The van der Waals surface area contributed by atoms with Crippen molar-refractivity contribution < 1.29 is 13.2 Å². The summed E-state index contributed by atoms with van der Waals surface area (Å²) in [6.45, 7) is 4.66. The van der Waals surface area contributed by atoms with Gasteiger partial charge in [-0.25, -0.2) is 8.42 Å². The van der Waals surface area contributed by atoms with E-state index in [1.165, 1.54) is 27.2 Å². The number of nitriles is 1. The van der Waals surface area contributed by atoms with Crippen molar-refractivity contribution in [2.24, 2.45) is 0 Å². The molecule has 0 aliphatic rings. The van der Waals surface area contributed by atoms with Gasteiger partial charge in [0.05, 0.1) is 23.1 Å². The second-order valence-electron chi connectivity index (χ2n) is 5.47. The Balaban J connectivity index is 2.12. The maximum atomic E-state index is 12.6. The smallest absolute Gasteiger partial charge is 0.250 e. The van der Waals surface area contributed by atoms with E-state index in [4.69, 9.17) is 10.00 Å². The lowest BCUT2D eigenvalue weighted by atomic mass is 10.2. The number of pyridine rings is 1. The summed E-state index contributed by atoms with van der Waals surface area (Å²) in [4.78, 5) is 12.1. The van der Waals surface area contributed by atoms with Crippen molar-refractivity contribution >= 4 is 10.0 Å². The molecule has 2 aromatic rings. The molecule has 138 valence electrons. The van der Waals surface area contributed by atoms with Crippen LogP contribution < -0.4 is 10.3 Å². The molecular formula is C18H21N3O4S. The minimum absolute atomic E-state index is 0.0826. The van der Waals surface area contributed by atoms with Gasteiger partial charge in [0.15, 0.2) is 0 Å². The molecule has 26 heavy (non-hydrogen) atoms. The topological polar surface area (TPSA) is 92.4 Å². The van der Waals surface area contributed by atoms with Crippen LogP contribution in [-0.2, 0) is 16.6 Å². The van der Waals surface area contributed by atoms with Crippen molar-refractivity contribution in [3.63, 3.8) is 0 Å². The van der Waals surface area contributed by atoms with Gasteiger partial charge in [-0.3, -0.25) is 4.79 Å². The fourth-order valence-electron chi connectivity index (χ4n) is 2.44. The van der Waals surface area contributed by atoms with Gasteiger partial charge in [-0.2, -0.15) is 9.57 Å². The molecule has 0 amide bonds. The highest BCUT2D eigenvalue weighted by Gasteiger charge is 2.22. The lowest BCUT2D eigenvalue weighted by Crippen LogP contribution is -2.32. The first-order chi connectivity index (χ1) is 12.4. The van der Waals surface area contributed by atoms with E-state index < -0.39 is 10.0 Å². The van der Waals surface area contributed by atoms with Crippen LogP contribution in [0, 0.1) is 11.3 Å². The fourth-order valence-corrected chi connectivity index (χ4v) is 3.92. The van der Waals surface area contributed by atoms with Gasteiger partial charge >= 0.3 is 0 Å². The Labute approximate surface area is 153 Å². The molecule has 8 heteroatoms. The van der Waals surface area contributed by atoms with Crippen LogP contribution in [-0.4, -0.2) is 37.0 Å². The first-order valence-electron chi connectivity index (χ1n) is 8.26. The highest BCUT2D eigenvalue weighted by molar-refractivity contribution is 7.89. The van der Waals surface area contributed by atoms with Crippen LogP contribution in [0.15, 0.2) is 52.3 Å². The van der Waals surface area contributed by atoms with Crippen LogP contribution in [0.4, 0.5) is 0 Å². The van der Waals surface area contributed by atoms with Crippen LogP contribution in [0.5, 0.6) is 5.75 Å². The van der Waals surface area contributed by atoms with Crippen LogP contribution in [0.25, 0.3) is 0 Å². The molecule has 1 aromatic carbocycles. The van der Waals surface area contributed by atoms with E-state index in [0.717, 1.165) is 0 Å². The molecule has 0 N–H and O–H groups in total. The molecule has 0 saturated heterocycles. The number of sulfonamides is 1. The number of hydrogen-bond acceptors (Lipinski definition) is 5. The minimum atomic E-state index is -3.62. The summed E-state index contributed by atoms with van der Waals surface area (Å²) in [5.41, 5.74) is 0.231. The fraction of sp³-hybridized carbons (Fsp3) is 0.333. The van der Waals surface area contributed by atoms with Crippen molar-refractivity contribution in [2.45, 2.75) is 25.3 Å². The minimum Gasteiger partial charge on any atom is -0.492 e. The zero-order valence-electron chi connectivity index (χ0n) is 14.8. The maximum Gasteiger partial charge on any atom is 0.250 e. The number of nitrogens with zero attached hydrogens (tertiary/aromatic N) is 3. The first kappa shape index (κ1) is 19.7. The van der Waals surface area contributed by atoms with Crippen LogP contribution in [0.1, 0.15) is 19.4 Å². The molecule has 0 fully saturated rings. The van der Waals surface area contributed by atoms with Crippen molar-refractivity contribution in [2.75, 3.05) is 19.7 Å². The maximum absolute atomic E-state index is 12.6.